The predicted molar refractivity (Wildman–Crippen MR) is 222 cm³/mol. The third-order valence-corrected chi connectivity index (χ3v) is 13.3. The van der Waals surface area contributed by atoms with Crippen LogP contribution >= 0.6 is 0 Å². The number of alkyl carbamates (subject to hydrolysis) is 1. The molecule has 3 fully saturated rings. The summed E-state index contributed by atoms with van der Waals surface area (Å²) in [6.45, 7) is 5.13. The first kappa shape index (κ1) is 41.1. The lowest BCUT2D eigenvalue weighted by atomic mass is 10.0. The fourth-order valence-electron chi connectivity index (χ4n) is 8.13. The lowest BCUT2D eigenvalue weighted by molar-refractivity contribution is -0.141. The summed E-state index contributed by atoms with van der Waals surface area (Å²) in [6, 6.07) is 14.5. The van der Waals surface area contributed by atoms with Crippen LogP contribution in [0.3, 0.4) is 0 Å². The fraction of sp³-hybridized carbons (Fsp3) is 0.477. The van der Waals surface area contributed by atoms with E-state index in [9.17, 15) is 27.6 Å². The average Bonchev–Trinajstić information content (AvgIpc) is 4.11. The molecule has 1 saturated heterocycles. The molecule has 2 aromatic heterocycles. The number of sulfonamides is 1. The number of benzene rings is 2. The summed E-state index contributed by atoms with van der Waals surface area (Å²) in [5.41, 5.74) is 0.582. The highest BCUT2D eigenvalue weighted by molar-refractivity contribution is 7.91. The number of para-hydroxylation sites is 1. The quantitative estimate of drug-likeness (QED) is 0.179. The van der Waals surface area contributed by atoms with Gasteiger partial charge in [0.05, 0.1) is 24.6 Å². The molecule has 4 aromatic rings. The number of amides is 4. The molecule has 3 N–H and O–H groups in total. The zero-order valence-electron chi connectivity index (χ0n) is 34.2. The van der Waals surface area contributed by atoms with Crippen molar-refractivity contribution < 1.29 is 46.2 Å². The van der Waals surface area contributed by atoms with Gasteiger partial charge in [-0.25, -0.2) is 18.2 Å². The molecule has 5 atom stereocenters. The molecule has 2 aliphatic heterocycles. The van der Waals surface area contributed by atoms with Gasteiger partial charge in [-0.3, -0.25) is 19.1 Å². The van der Waals surface area contributed by atoms with Gasteiger partial charge in [0.2, 0.25) is 21.8 Å². The van der Waals surface area contributed by atoms with Crippen molar-refractivity contribution in [3.8, 4) is 22.8 Å². The van der Waals surface area contributed by atoms with Gasteiger partial charge in [-0.05, 0) is 95.7 Å². The highest BCUT2D eigenvalue weighted by Gasteiger charge is 2.62. The van der Waals surface area contributed by atoms with Crippen LogP contribution in [-0.2, 0) is 29.1 Å². The fourth-order valence-corrected chi connectivity index (χ4v) is 9.49. The Labute approximate surface area is 348 Å². The van der Waals surface area contributed by atoms with Crippen molar-refractivity contribution in [1.29, 1.82) is 0 Å². The highest BCUT2D eigenvalue weighted by atomic mass is 32.2. The number of furan rings is 1. The van der Waals surface area contributed by atoms with Crippen molar-refractivity contribution in [2.45, 2.75) is 113 Å². The monoisotopic (exact) mass is 841 g/mol. The lowest BCUT2D eigenvalue weighted by Crippen LogP contribution is -2.58. The molecule has 0 radical (unpaired) electrons. The molecule has 4 amide bonds. The molecule has 0 unspecified atom stereocenters. The van der Waals surface area contributed by atoms with E-state index >= 15 is 0 Å². The largest absolute Gasteiger partial charge is 0.497 e. The molecule has 2 aromatic carbocycles. The lowest BCUT2D eigenvalue weighted by Gasteiger charge is -2.30. The summed E-state index contributed by atoms with van der Waals surface area (Å²) in [6.07, 6.45) is 6.52. The van der Waals surface area contributed by atoms with E-state index in [4.69, 9.17) is 23.6 Å². The molecule has 0 spiro atoms. The maximum atomic E-state index is 14.7. The summed E-state index contributed by atoms with van der Waals surface area (Å²) in [5, 5.41) is 5.80. The SMILES string of the molecule is COc1ccc(-c2cc(O[C@@H]3C[C@H]4C(=O)N[C@]5(C(=O)NS(=O)(=O)C6CC6)C[C@H]5C=CCCCCC[C@H](NC(=O)OC(C)(C)C)C(=O)N4C3)c3oc4ccccc4c3n2)cc1. The first-order valence-electron chi connectivity index (χ1n) is 20.6. The van der Waals surface area contributed by atoms with Crippen LogP contribution in [0.15, 0.2) is 71.2 Å². The minimum absolute atomic E-state index is 0.0111. The maximum Gasteiger partial charge on any atom is 0.408 e. The number of aromatic nitrogens is 1. The number of methoxy groups -OCH3 is 1. The van der Waals surface area contributed by atoms with Gasteiger partial charge in [0, 0.05) is 29.4 Å². The minimum Gasteiger partial charge on any atom is -0.497 e. The Morgan fingerprint density at radius 2 is 1.78 bits per heavy atom. The predicted octanol–water partition coefficient (Wildman–Crippen LogP) is 5.90. The number of fused-ring (bicyclic) bond motifs is 5. The van der Waals surface area contributed by atoms with E-state index in [-0.39, 0.29) is 19.4 Å². The van der Waals surface area contributed by atoms with Gasteiger partial charge in [0.1, 0.15) is 46.2 Å². The molecule has 4 heterocycles. The summed E-state index contributed by atoms with van der Waals surface area (Å²) < 4.78 is 52.1. The Morgan fingerprint density at radius 3 is 2.52 bits per heavy atom. The molecule has 15 nitrogen and oxygen atoms in total. The number of ether oxygens (including phenoxy) is 3. The maximum absolute atomic E-state index is 14.7. The number of carbonyl (C=O) groups is 4. The van der Waals surface area contributed by atoms with Crippen molar-refractivity contribution in [3.05, 3.63) is 66.7 Å². The first-order valence-corrected chi connectivity index (χ1v) is 22.2. The molecular weight excluding hydrogens is 791 g/mol. The Bertz CT molecular complexity index is 2460. The van der Waals surface area contributed by atoms with E-state index in [2.05, 4.69) is 15.4 Å². The second-order valence-electron chi connectivity index (χ2n) is 17.2. The number of allylic oxidation sites excluding steroid dienone is 1. The van der Waals surface area contributed by atoms with Crippen LogP contribution in [0.1, 0.15) is 78.6 Å². The molecule has 4 aliphatic rings. The van der Waals surface area contributed by atoms with Gasteiger partial charge in [0.15, 0.2) is 11.3 Å². The van der Waals surface area contributed by atoms with E-state index in [1.54, 1.807) is 33.9 Å². The number of nitrogens with one attached hydrogen (secondary N) is 3. The number of nitrogens with zero attached hydrogens (tertiary/aromatic N) is 2. The van der Waals surface area contributed by atoms with Gasteiger partial charge in [-0.1, -0.05) is 37.1 Å². The van der Waals surface area contributed by atoms with Crippen LogP contribution < -0.4 is 24.8 Å². The van der Waals surface area contributed by atoms with E-state index < -0.39 is 74.3 Å². The third-order valence-electron chi connectivity index (χ3n) is 11.5. The van der Waals surface area contributed by atoms with E-state index in [0.29, 0.717) is 66.0 Å². The number of rotatable bonds is 8. The zero-order valence-corrected chi connectivity index (χ0v) is 35.0. The van der Waals surface area contributed by atoms with E-state index in [0.717, 1.165) is 23.8 Å². The summed E-state index contributed by atoms with van der Waals surface area (Å²) >= 11 is 0. The van der Waals surface area contributed by atoms with Gasteiger partial charge < -0.3 is 34.2 Å². The minimum atomic E-state index is -3.92. The summed E-state index contributed by atoms with van der Waals surface area (Å²) in [5.74, 6) is -1.37. The van der Waals surface area contributed by atoms with Crippen molar-refractivity contribution >= 4 is 55.9 Å². The molecular formula is C44H51N5O10S. The zero-order chi connectivity index (χ0) is 42.4. The number of carbonyl (C=O) groups excluding carboxylic acids is 4. The van der Waals surface area contributed by atoms with Crippen LogP contribution in [0, 0.1) is 5.92 Å². The first-order chi connectivity index (χ1) is 28.6. The molecule has 318 valence electrons. The number of pyridine rings is 1. The summed E-state index contributed by atoms with van der Waals surface area (Å²) in [4.78, 5) is 62.7. The Kier molecular flexibility index (Phi) is 11.0. The normalized spacial score (nSPS) is 25.0. The van der Waals surface area contributed by atoms with Crippen LogP contribution in [0.2, 0.25) is 0 Å². The van der Waals surface area contributed by atoms with Gasteiger partial charge >= 0.3 is 6.09 Å². The topological polar surface area (TPSA) is 195 Å². The molecule has 2 aliphatic carbocycles. The van der Waals surface area contributed by atoms with Crippen LogP contribution in [0.4, 0.5) is 4.79 Å². The van der Waals surface area contributed by atoms with Gasteiger partial charge in [-0.15, -0.1) is 0 Å². The Hall–Kier alpha value is -5.64. The smallest absolute Gasteiger partial charge is 0.408 e. The average molecular weight is 842 g/mol. The molecule has 60 heavy (non-hydrogen) atoms. The molecule has 8 rings (SSSR count). The third kappa shape index (κ3) is 8.65. The second kappa shape index (κ2) is 16.1. The van der Waals surface area contributed by atoms with Crippen molar-refractivity contribution in [1.82, 2.24) is 25.2 Å². The van der Waals surface area contributed by atoms with Crippen molar-refractivity contribution in [2.24, 2.45) is 5.92 Å². The molecule has 2 saturated carbocycles. The summed E-state index contributed by atoms with van der Waals surface area (Å²) in [7, 11) is -2.33. The number of hydrogen-bond donors (Lipinski definition) is 3. The van der Waals surface area contributed by atoms with Crippen molar-refractivity contribution in [2.75, 3.05) is 13.7 Å². The Morgan fingerprint density at radius 1 is 1.02 bits per heavy atom. The van der Waals surface area contributed by atoms with E-state index in [1.165, 1.54) is 4.90 Å². The van der Waals surface area contributed by atoms with Crippen molar-refractivity contribution in [3.63, 3.8) is 0 Å². The standard InChI is InChI=1S/C44H51N5O10S/c1-43(2,3)59-42(53)46-32-14-9-7-5-6-8-12-27-24-44(27,41(52)48-60(54,55)30-20-21-30)47-39(50)34-22-29(25-49(34)40(32)51)57-36-23-33(26-16-18-28(56-4)19-17-26)45-37-31-13-10-11-15-35(31)58-38(36)37/h8,10-13,15-19,23,27,29-30,32,34H,5-7,9,14,20-22,24-25H2,1-4H3,(H,46,53)(H,47,50)(H,48,52)/t27-,29-,32+,34+,44-/m1/s1. The molecule has 0 bridgehead atoms. The van der Waals surface area contributed by atoms with Gasteiger partial charge in [0.25, 0.3) is 5.91 Å². The molecule has 16 heteroatoms. The van der Waals surface area contributed by atoms with Crippen LogP contribution in [0.25, 0.3) is 33.3 Å². The van der Waals surface area contributed by atoms with Crippen LogP contribution in [-0.4, -0.2) is 90.3 Å². The van der Waals surface area contributed by atoms with E-state index in [1.807, 2.05) is 60.7 Å². The van der Waals surface area contributed by atoms with Gasteiger partial charge in [-0.2, -0.15) is 0 Å². The Balaban J connectivity index is 1.15. The second-order valence-corrected chi connectivity index (χ2v) is 19.2. The van der Waals surface area contributed by atoms with Crippen LogP contribution in [0.5, 0.6) is 11.5 Å². The highest BCUT2D eigenvalue weighted by Crippen LogP contribution is 2.46. The number of hydrogen-bond acceptors (Lipinski definition) is 11.